The van der Waals surface area contributed by atoms with E-state index in [1.165, 1.54) is 6.07 Å². The maximum absolute atomic E-state index is 12.5. The molecular weight excluding hydrogens is 347 g/mol. The van der Waals surface area contributed by atoms with E-state index in [0.29, 0.717) is 23.3 Å². The Hall–Kier alpha value is -1.69. The van der Waals surface area contributed by atoms with Crippen LogP contribution in [0.1, 0.15) is 5.56 Å². The Labute approximate surface area is 129 Å². The molecule has 0 aliphatic rings. The van der Waals surface area contributed by atoms with Crippen LogP contribution in [0.25, 0.3) is 0 Å². The molecule has 0 fully saturated rings. The Morgan fingerprint density at radius 3 is 2.38 bits per heavy atom. The second kappa shape index (κ2) is 6.85. The van der Waals surface area contributed by atoms with Crippen LogP contribution in [-0.2, 0) is 6.18 Å². The van der Waals surface area contributed by atoms with Crippen LogP contribution in [0, 0.1) is 0 Å². The fraction of sp³-hybridized carbons (Fsp3) is 0.200. The van der Waals surface area contributed by atoms with Gasteiger partial charge in [0.1, 0.15) is 12.4 Å². The molecule has 0 saturated carbocycles. The first-order valence-corrected chi connectivity index (χ1v) is 7.04. The zero-order valence-corrected chi connectivity index (χ0v) is 12.5. The van der Waals surface area contributed by atoms with Crippen molar-refractivity contribution in [2.45, 2.75) is 6.18 Å². The van der Waals surface area contributed by atoms with Crippen molar-refractivity contribution in [1.29, 1.82) is 0 Å². The average Bonchev–Trinajstić information content (AvgIpc) is 2.45. The molecule has 2 aromatic carbocycles. The number of halogens is 4. The Morgan fingerprint density at radius 2 is 1.76 bits per heavy atom. The maximum Gasteiger partial charge on any atom is 0.416 e. The highest BCUT2D eigenvalue weighted by Gasteiger charge is 2.30. The van der Waals surface area contributed by atoms with Crippen molar-refractivity contribution >= 4 is 21.6 Å². The van der Waals surface area contributed by atoms with Crippen LogP contribution in [-0.4, -0.2) is 13.2 Å². The molecule has 0 saturated heterocycles. The first-order chi connectivity index (χ1) is 9.97. The predicted molar refractivity (Wildman–Crippen MR) is 79.6 cm³/mol. The fourth-order valence-corrected chi connectivity index (χ4v) is 2.23. The first kappa shape index (κ1) is 15.7. The Morgan fingerprint density at radius 1 is 1.05 bits per heavy atom. The Kier molecular flexibility index (Phi) is 5.12. The van der Waals surface area contributed by atoms with E-state index in [0.717, 1.165) is 17.9 Å². The van der Waals surface area contributed by atoms with E-state index in [2.05, 4.69) is 21.2 Å². The van der Waals surface area contributed by atoms with Gasteiger partial charge in [0.25, 0.3) is 0 Å². The van der Waals surface area contributed by atoms with Crippen molar-refractivity contribution in [2.75, 3.05) is 18.5 Å². The standard InChI is InChI=1S/C15H13BrF3NO/c16-13-10-11(15(17,18)19)6-7-14(13)20-8-9-21-12-4-2-1-3-5-12/h1-7,10,20H,8-9H2. The molecule has 0 aliphatic carbocycles. The van der Waals surface area contributed by atoms with E-state index in [9.17, 15) is 13.2 Å². The number of benzene rings is 2. The molecule has 0 heterocycles. The van der Waals surface area contributed by atoms with Crippen molar-refractivity contribution in [3.63, 3.8) is 0 Å². The van der Waals surface area contributed by atoms with Crippen LogP contribution in [0.3, 0.4) is 0 Å². The highest BCUT2D eigenvalue weighted by molar-refractivity contribution is 9.10. The van der Waals surface area contributed by atoms with E-state index in [4.69, 9.17) is 4.74 Å². The van der Waals surface area contributed by atoms with Crippen molar-refractivity contribution < 1.29 is 17.9 Å². The van der Waals surface area contributed by atoms with Crippen molar-refractivity contribution in [1.82, 2.24) is 0 Å². The third-order valence-corrected chi connectivity index (χ3v) is 3.38. The predicted octanol–water partition coefficient (Wildman–Crippen LogP) is 4.96. The molecule has 0 aliphatic heterocycles. The lowest BCUT2D eigenvalue weighted by Gasteiger charge is -2.12. The molecule has 21 heavy (non-hydrogen) atoms. The van der Waals surface area contributed by atoms with Gasteiger partial charge >= 0.3 is 6.18 Å². The van der Waals surface area contributed by atoms with Gasteiger partial charge in [-0.3, -0.25) is 0 Å². The van der Waals surface area contributed by atoms with Gasteiger partial charge in [-0.2, -0.15) is 13.2 Å². The van der Waals surface area contributed by atoms with Gasteiger partial charge in [-0.25, -0.2) is 0 Å². The molecule has 0 unspecified atom stereocenters. The third kappa shape index (κ3) is 4.67. The van der Waals surface area contributed by atoms with E-state index in [1.54, 1.807) is 0 Å². The number of rotatable bonds is 5. The lowest BCUT2D eigenvalue weighted by molar-refractivity contribution is -0.137. The van der Waals surface area contributed by atoms with Crippen molar-refractivity contribution in [2.24, 2.45) is 0 Å². The maximum atomic E-state index is 12.5. The summed E-state index contributed by atoms with van der Waals surface area (Å²) in [5.41, 5.74) is -0.0832. The summed E-state index contributed by atoms with van der Waals surface area (Å²) >= 11 is 3.13. The number of nitrogens with one attached hydrogen (secondary N) is 1. The molecule has 0 atom stereocenters. The number of hydrogen-bond acceptors (Lipinski definition) is 2. The second-order valence-electron chi connectivity index (χ2n) is 4.28. The molecule has 2 nitrogen and oxygen atoms in total. The van der Waals surface area contributed by atoms with E-state index in [-0.39, 0.29) is 0 Å². The smallest absolute Gasteiger partial charge is 0.416 e. The zero-order chi connectivity index (χ0) is 15.3. The average molecular weight is 360 g/mol. The van der Waals surface area contributed by atoms with Crippen LogP contribution in [0.2, 0.25) is 0 Å². The van der Waals surface area contributed by atoms with Gasteiger partial charge in [-0.05, 0) is 46.3 Å². The minimum atomic E-state index is -4.34. The molecule has 1 N–H and O–H groups in total. The molecule has 2 rings (SSSR count). The van der Waals surface area contributed by atoms with Gasteiger partial charge in [0.15, 0.2) is 0 Å². The monoisotopic (exact) mass is 359 g/mol. The summed E-state index contributed by atoms with van der Waals surface area (Å²) in [4.78, 5) is 0. The van der Waals surface area contributed by atoms with Gasteiger partial charge in [-0.15, -0.1) is 0 Å². The number of alkyl halides is 3. The molecule has 6 heteroatoms. The summed E-state index contributed by atoms with van der Waals surface area (Å²) < 4.78 is 43.5. The van der Waals surface area contributed by atoms with Crippen molar-refractivity contribution in [3.05, 3.63) is 58.6 Å². The third-order valence-electron chi connectivity index (χ3n) is 2.73. The fourth-order valence-electron chi connectivity index (χ4n) is 1.71. The minimum Gasteiger partial charge on any atom is -0.492 e. The summed E-state index contributed by atoms with van der Waals surface area (Å²) in [5.74, 6) is 0.755. The number of hydrogen-bond donors (Lipinski definition) is 1. The van der Waals surface area contributed by atoms with Crippen LogP contribution in [0.15, 0.2) is 53.0 Å². The lowest BCUT2D eigenvalue weighted by Crippen LogP contribution is -2.12. The zero-order valence-electron chi connectivity index (χ0n) is 11.0. The Balaban J connectivity index is 1.86. The van der Waals surface area contributed by atoms with Gasteiger partial charge in [0.05, 0.1) is 5.56 Å². The Bertz CT molecular complexity index is 587. The highest BCUT2D eigenvalue weighted by Crippen LogP contribution is 2.33. The lowest BCUT2D eigenvalue weighted by atomic mass is 10.2. The topological polar surface area (TPSA) is 21.3 Å². The molecule has 0 aromatic heterocycles. The van der Waals surface area contributed by atoms with Crippen LogP contribution >= 0.6 is 15.9 Å². The number of ether oxygens (including phenoxy) is 1. The second-order valence-corrected chi connectivity index (χ2v) is 5.14. The number of para-hydroxylation sites is 1. The molecule has 2 aromatic rings. The van der Waals surface area contributed by atoms with Crippen LogP contribution in [0.4, 0.5) is 18.9 Å². The summed E-state index contributed by atoms with van der Waals surface area (Å²) in [7, 11) is 0. The minimum absolute atomic E-state index is 0.372. The summed E-state index contributed by atoms with van der Waals surface area (Å²) in [6.07, 6.45) is -4.34. The normalized spacial score (nSPS) is 11.2. The molecule has 0 amide bonds. The largest absolute Gasteiger partial charge is 0.492 e. The highest BCUT2D eigenvalue weighted by atomic mass is 79.9. The van der Waals surface area contributed by atoms with Crippen LogP contribution < -0.4 is 10.1 Å². The summed E-state index contributed by atoms with van der Waals surface area (Å²) in [5, 5.41) is 3.02. The summed E-state index contributed by atoms with van der Waals surface area (Å²) in [6.45, 7) is 0.899. The molecule has 112 valence electrons. The van der Waals surface area contributed by atoms with Crippen LogP contribution in [0.5, 0.6) is 5.75 Å². The molecule has 0 radical (unpaired) electrons. The number of anilines is 1. The van der Waals surface area contributed by atoms with E-state index < -0.39 is 11.7 Å². The summed E-state index contributed by atoms with van der Waals surface area (Å²) in [6, 6.07) is 12.8. The molecule has 0 bridgehead atoms. The van der Waals surface area contributed by atoms with E-state index >= 15 is 0 Å². The van der Waals surface area contributed by atoms with E-state index in [1.807, 2.05) is 30.3 Å². The first-order valence-electron chi connectivity index (χ1n) is 6.25. The molecular formula is C15H13BrF3NO. The quantitative estimate of drug-likeness (QED) is 0.761. The van der Waals surface area contributed by atoms with Gasteiger partial charge in [0.2, 0.25) is 0 Å². The van der Waals surface area contributed by atoms with Gasteiger partial charge in [-0.1, -0.05) is 18.2 Å². The van der Waals surface area contributed by atoms with Gasteiger partial charge < -0.3 is 10.1 Å². The van der Waals surface area contributed by atoms with Gasteiger partial charge in [0, 0.05) is 16.7 Å². The molecule has 0 spiro atoms. The van der Waals surface area contributed by atoms with Crippen molar-refractivity contribution in [3.8, 4) is 5.75 Å². The SMILES string of the molecule is FC(F)(F)c1ccc(NCCOc2ccccc2)c(Br)c1.